The highest BCUT2D eigenvalue weighted by molar-refractivity contribution is 7.92. The van der Waals surface area contributed by atoms with Crippen molar-refractivity contribution in [3.63, 3.8) is 0 Å². The van der Waals surface area contributed by atoms with Crippen LogP contribution >= 0.6 is 0 Å². The van der Waals surface area contributed by atoms with Crippen LogP contribution < -0.4 is 14.4 Å². The van der Waals surface area contributed by atoms with Crippen LogP contribution in [0, 0.1) is 24.0 Å². The SMILES string of the molecule is CCOc1ccc(N(CC(=O)Nc2cccc([N+](=O)[O-])c2C)S(=O)(=O)c2ccc(C)cc2)cc1. The van der Waals surface area contributed by atoms with Crippen LogP contribution in [0.1, 0.15) is 18.1 Å². The Morgan fingerprint density at radius 3 is 2.26 bits per heavy atom. The molecule has 1 amide bonds. The minimum atomic E-state index is -4.09. The van der Waals surface area contributed by atoms with E-state index in [0.717, 1.165) is 9.87 Å². The minimum Gasteiger partial charge on any atom is -0.494 e. The quantitative estimate of drug-likeness (QED) is 0.355. The predicted molar refractivity (Wildman–Crippen MR) is 130 cm³/mol. The molecule has 3 rings (SSSR count). The lowest BCUT2D eigenvalue weighted by Crippen LogP contribution is -2.38. The Morgan fingerprint density at radius 1 is 1.03 bits per heavy atom. The summed E-state index contributed by atoms with van der Waals surface area (Å²) in [5.41, 5.74) is 1.53. The number of nitro groups is 1. The molecule has 3 aromatic rings. The van der Waals surface area contributed by atoms with Crippen LogP contribution in [0.4, 0.5) is 17.1 Å². The average molecular weight is 484 g/mol. The Morgan fingerprint density at radius 2 is 1.68 bits per heavy atom. The van der Waals surface area contributed by atoms with Crippen LogP contribution in [0.5, 0.6) is 5.75 Å². The number of carbonyl (C=O) groups excluding carboxylic acids is 1. The molecule has 0 heterocycles. The van der Waals surface area contributed by atoms with Crippen LogP contribution in [0.3, 0.4) is 0 Å². The first-order valence-electron chi connectivity index (χ1n) is 10.5. The minimum absolute atomic E-state index is 0.0336. The van der Waals surface area contributed by atoms with Crippen molar-refractivity contribution < 1.29 is 22.9 Å². The molecule has 1 N–H and O–H groups in total. The zero-order chi connectivity index (χ0) is 24.9. The summed E-state index contributed by atoms with van der Waals surface area (Å²) >= 11 is 0. The van der Waals surface area contributed by atoms with Crippen LogP contribution in [0.15, 0.2) is 71.6 Å². The van der Waals surface area contributed by atoms with Gasteiger partial charge < -0.3 is 10.1 Å². The molecule has 178 valence electrons. The summed E-state index contributed by atoms with van der Waals surface area (Å²) in [4.78, 5) is 23.6. The second kappa shape index (κ2) is 10.3. The summed E-state index contributed by atoms with van der Waals surface area (Å²) in [5.74, 6) is -0.0798. The molecular formula is C24H25N3O6S. The highest BCUT2D eigenvalue weighted by Gasteiger charge is 2.28. The molecular weight excluding hydrogens is 458 g/mol. The van der Waals surface area contributed by atoms with Crippen LogP contribution in [-0.4, -0.2) is 32.4 Å². The Labute approximate surface area is 198 Å². The first-order chi connectivity index (χ1) is 16.1. The fourth-order valence-electron chi connectivity index (χ4n) is 3.30. The number of amides is 1. The number of aryl methyl sites for hydroxylation is 1. The van der Waals surface area contributed by atoms with Gasteiger partial charge in [-0.05, 0) is 63.2 Å². The zero-order valence-corrected chi connectivity index (χ0v) is 19.8. The summed E-state index contributed by atoms with van der Waals surface area (Å²) in [6.45, 7) is 5.11. The van der Waals surface area contributed by atoms with Crippen molar-refractivity contribution in [3.8, 4) is 5.75 Å². The van der Waals surface area contributed by atoms with E-state index in [0.29, 0.717) is 12.4 Å². The van der Waals surface area contributed by atoms with Gasteiger partial charge in [-0.15, -0.1) is 0 Å². The smallest absolute Gasteiger partial charge is 0.274 e. The van der Waals surface area contributed by atoms with Crippen LogP contribution in [0.25, 0.3) is 0 Å². The molecule has 0 spiro atoms. The molecule has 0 saturated heterocycles. The topological polar surface area (TPSA) is 119 Å². The molecule has 0 aliphatic rings. The standard InChI is InChI=1S/C24H25N3O6S/c1-4-33-20-12-10-19(11-13-20)26(34(31,32)21-14-8-17(2)9-15-21)16-24(28)25-22-6-5-7-23(18(22)3)27(29)30/h5-15H,4,16H2,1-3H3,(H,25,28). The first-order valence-corrected chi connectivity index (χ1v) is 11.9. The number of hydrogen-bond donors (Lipinski definition) is 1. The van der Waals surface area contributed by atoms with Gasteiger partial charge >= 0.3 is 0 Å². The first kappa shape index (κ1) is 24.7. The van der Waals surface area contributed by atoms with E-state index in [-0.39, 0.29) is 27.5 Å². The summed E-state index contributed by atoms with van der Waals surface area (Å²) in [7, 11) is -4.09. The number of carbonyl (C=O) groups is 1. The summed E-state index contributed by atoms with van der Waals surface area (Å²) in [6, 6.07) is 17.0. The predicted octanol–water partition coefficient (Wildman–Crippen LogP) is 4.44. The van der Waals surface area contributed by atoms with Gasteiger partial charge in [0, 0.05) is 6.07 Å². The van der Waals surface area contributed by atoms with Gasteiger partial charge in [0.15, 0.2) is 0 Å². The number of rotatable bonds is 9. The van der Waals surface area contributed by atoms with Crippen molar-refractivity contribution in [1.82, 2.24) is 0 Å². The van der Waals surface area contributed by atoms with Gasteiger partial charge in [0.2, 0.25) is 5.91 Å². The zero-order valence-electron chi connectivity index (χ0n) is 19.0. The van der Waals surface area contributed by atoms with E-state index >= 15 is 0 Å². The second-order valence-electron chi connectivity index (χ2n) is 7.51. The highest BCUT2D eigenvalue weighted by atomic mass is 32.2. The van der Waals surface area contributed by atoms with Gasteiger partial charge in [0.25, 0.3) is 15.7 Å². The molecule has 0 bridgehead atoms. The monoisotopic (exact) mass is 483 g/mol. The lowest BCUT2D eigenvalue weighted by molar-refractivity contribution is -0.385. The molecule has 0 aliphatic heterocycles. The maximum absolute atomic E-state index is 13.5. The highest BCUT2D eigenvalue weighted by Crippen LogP contribution is 2.28. The van der Waals surface area contributed by atoms with Crippen LogP contribution in [0.2, 0.25) is 0 Å². The molecule has 0 aliphatic carbocycles. The molecule has 0 aromatic heterocycles. The van der Waals surface area contributed by atoms with Crippen molar-refractivity contribution in [3.05, 3.63) is 88.0 Å². The number of nitro benzene ring substituents is 1. The van der Waals surface area contributed by atoms with Crippen molar-refractivity contribution in [2.24, 2.45) is 0 Å². The fourth-order valence-corrected chi connectivity index (χ4v) is 4.73. The molecule has 3 aromatic carbocycles. The molecule has 9 nitrogen and oxygen atoms in total. The molecule has 0 fully saturated rings. The Balaban J connectivity index is 1.95. The molecule has 10 heteroatoms. The van der Waals surface area contributed by atoms with E-state index in [1.807, 2.05) is 13.8 Å². The summed E-state index contributed by atoms with van der Waals surface area (Å²) < 4.78 is 33.4. The maximum atomic E-state index is 13.5. The van der Waals surface area contributed by atoms with E-state index in [1.54, 1.807) is 36.4 Å². The van der Waals surface area contributed by atoms with E-state index in [4.69, 9.17) is 4.74 Å². The van der Waals surface area contributed by atoms with Crippen molar-refractivity contribution in [2.75, 3.05) is 22.8 Å². The third-order valence-electron chi connectivity index (χ3n) is 5.11. The normalized spacial score (nSPS) is 11.0. The molecule has 0 unspecified atom stereocenters. The molecule has 0 saturated carbocycles. The maximum Gasteiger partial charge on any atom is 0.274 e. The number of ether oxygens (including phenoxy) is 1. The lowest BCUT2D eigenvalue weighted by Gasteiger charge is -2.24. The van der Waals surface area contributed by atoms with Gasteiger partial charge in [-0.1, -0.05) is 23.8 Å². The van der Waals surface area contributed by atoms with Gasteiger partial charge in [-0.2, -0.15) is 0 Å². The fraction of sp³-hybridized carbons (Fsp3) is 0.208. The number of benzene rings is 3. The largest absolute Gasteiger partial charge is 0.494 e. The third kappa shape index (κ3) is 5.52. The average Bonchev–Trinajstić information content (AvgIpc) is 2.80. The number of nitrogens with zero attached hydrogens (tertiary/aromatic N) is 2. The second-order valence-corrected chi connectivity index (χ2v) is 9.37. The van der Waals surface area contributed by atoms with Crippen molar-refractivity contribution in [1.29, 1.82) is 0 Å². The number of sulfonamides is 1. The third-order valence-corrected chi connectivity index (χ3v) is 6.90. The molecule has 34 heavy (non-hydrogen) atoms. The Bertz CT molecular complexity index is 1290. The van der Waals surface area contributed by atoms with E-state index in [1.165, 1.54) is 37.3 Å². The van der Waals surface area contributed by atoms with E-state index < -0.39 is 27.4 Å². The number of hydrogen-bond acceptors (Lipinski definition) is 6. The van der Waals surface area contributed by atoms with E-state index in [9.17, 15) is 23.3 Å². The van der Waals surface area contributed by atoms with Crippen molar-refractivity contribution in [2.45, 2.75) is 25.7 Å². The van der Waals surface area contributed by atoms with Gasteiger partial charge in [0.1, 0.15) is 12.3 Å². The molecule has 0 atom stereocenters. The van der Waals surface area contributed by atoms with Gasteiger partial charge in [0.05, 0.1) is 33.4 Å². The molecule has 0 radical (unpaired) electrons. The van der Waals surface area contributed by atoms with Gasteiger partial charge in [-0.25, -0.2) is 8.42 Å². The van der Waals surface area contributed by atoms with E-state index in [2.05, 4.69) is 5.32 Å². The summed E-state index contributed by atoms with van der Waals surface area (Å²) in [5, 5.41) is 13.8. The summed E-state index contributed by atoms with van der Waals surface area (Å²) in [6.07, 6.45) is 0. The number of nitrogens with one attached hydrogen (secondary N) is 1. The van der Waals surface area contributed by atoms with Crippen LogP contribution in [-0.2, 0) is 14.8 Å². The Kier molecular flexibility index (Phi) is 7.52. The van der Waals surface area contributed by atoms with Crippen molar-refractivity contribution >= 4 is 33.0 Å². The van der Waals surface area contributed by atoms with Gasteiger partial charge in [-0.3, -0.25) is 19.2 Å². The number of anilines is 2. The lowest BCUT2D eigenvalue weighted by atomic mass is 10.1. The Hall–Kier alpha value is -3.92.